The summed E-state index contributed by atoms with van der Waals surface area (Å²) in [4.78, 5) is 18.6. The number of thiazole rings is 1. The van der Waals surface area contributed by atoms with Crippen molar-refractivity contribution in [2.24, 2.45) is 0 Å². The minimum Gasteiger partial charge on any atom is -0.494 e. The molecule has 10 heteroatoms. The Balaban J connectivity index is 1.28. The summed E-state index contributed by atoms with van der Waals surface area (Å²) in [7, 11) is 1.61. The number of fused-ring (bicyclic) bond motifs is 1. The van der Waals surface area contributed by atoms with Crippen LogP contribution in [0.2, 0.25) is 0 Å². The lowest BCUT2D eigenvalue weighted by atomic mass is 10.1. The van der Waals surface area contributed by atoms with Crippen LogP contribution in [0.3, 0.4) is 0 Å². The van der Waals surface area contributed by atoms with Crippen LogP contribution in [-0.4, -0.2) is 44.7 Å². The molecule has 0 aliphatic carbocycles. The van der Waals surface area contributed by atoms with Gasteiger partial charge in [0, 0.05) is 17.3 Å². The van der Waals surface area contributed by atoms with E-state index in [1.54, 1.807) is 13.2 Å². The van der Waals surface area contributed by atoms with Crippen LogP contribution in [0.5, 0.6) is 17.2 Å². The third kappa shape index (κ3) is 7.44. The molecule has 0 fully saturated rings. The third-order valence-corrected chi connectivity index (χ3v) is 8.51. The van der Waals surface area contributed by atoms with Gasteiger partial charge in [-0.1, -0.05) is 67.9 Å². The summed E-state index contributed by atoms with van der Waals surface area (Å²) < 4.78 is 20.7. The number of para-hydroxylation sites is 1. The highest BCUT2D eigenvalue weighted by Gasteiger charge is 2.14. The molecule has 0 aliphatic rings. The van der Waals surface area contributed by atoms with E-state index in [0.717, 1.165) is 40.2 Å². The minimum absolute atomic E-state index is 0.231. The second kappa shape index (κ2) is 14.9. The Bertz CT molecular complexity index is 2080. The van der Waals surface area contributed by atoms with Crippen molar-refractivity contribution in [2.75, 3.05) is 20.3 Å². The fourth-order valence-corrected chi connectivity index (χ4v) is 6.06. The van der Waals surface area contributed by atoms with Crippen LogP contribution >= 0.6 is 11.3 Å². The molecule has 3 aromatic carbocycles. The summed E-state index contributed by atoms with van der Waals surface area (Å²) in [6.45, 7) is 5.39. The second-order valence-electron chi connectivity index (χ2n) is 10.9. The smallest absolute Gasteiger partial charge is 0.291 e. The van der Waals surface area contributed by atoms with Crippen LogP contribution in [0, 0.1) is 0 Å². The summed E-state index contributed by atoms with van der Waals surface area (Å²) >= 11 is 1.29. The number of ether oxygens (including phenoxy) is 3. The quantitative estimate of drug-likeness (QED) is 0.117. The van der Waals surface area contributed by atoms with Crippen molar-refractivity contribution in [3.63, 3.8) is 0 Å². The number of methoxy groups -OCH3 is 1. The summed E-state index contributed by atoms with van der Waals surface area (Å²) in [6.07, 6.45) is 12.1. The number of nitrogens with zero attached hydrogens (tertiary/aromatic N) is 5. The van der Waals surface area contributed by atoms with Gasteiger partial charge in [0.1, 0.15) is 11.4 Å². The van der Waals surface area contributed by atoms with Gasteiger partial charge in [0.05, 0.1) is 30.5 Å². The Morgan fingerprint density at radius 1 is 0.872 bits per heavy atom. The first-order chi connectivity index (χ1) is 23.1. The molecule has 0 radical (unpaired) electrons. The topological polar surface area (TPSA) is 92.8 Å². The maximum Gasteiger partial charge on any atom is 0.291 e. The number of aromatic nitrogens is 5. The molecule has 3 aromatic heterocycles. The first-order valence-electron chi connectivity index (χ1n) is 15.8. The lowest BCUT2D eigenvalue weighted by Crippen LogP contribution is -2.23. The van der Waals surface area contributed by atoms with Crippen LogP contribution in [0.1, 0.15) is 56.5 Å². The van der Waals surface area contributed by atoms with E-state index in [1.807, 2.05) is 103 Å². The van der Waals surface area contributed by atoms with Crippen LogP contribution in [-0.2, 0) is 0 Å². The van der Waals surface area contributed by atoms with Gasteiger partial charge in [-0.25, -0.2) is 4.68 Å². The molecule has 3 heterocycles. The molecule has 0 spiro atoms. The van der Waals surface area contributed by atoms with Gasteiger partial charge < -0.3 is 14.2 Å². The molecule has 0 amide bonds. The zero-order valence-corrected chi connectivity index (χ0v) is 27.6. The van der Waals surface area contributed by atoms with Gasteiger partial charge in [0.25, 0.3) is 5.56 Å². The highest BCUT2D eigenvalue weighted by molar-refractivity contribution is 7.15. The minimum atomic E-state index is -0.231. The Hall–Kier alpha value is -5.22. The second-order valence-corrected chi connectivity index (χ2v) is 11.9. The summed E-state index contributed by atoms with van der Waals surface area (Å²) in [6, 6.07) is 23.6. The van der Waals surface area contributed by atoms with E-state index in [1.165, 1.54) is 35.1 Å². The van der Waals surface area contributed by atoms with E-state index >= 15 is 0 Å². The number of benzene rings is 3. The monoisotopic (exact) mass is 647 g/mol. The Labute approximate surface area is 277 Å². The first kappa shape index (κ1) is 31.7. The number of hydrogen-bond donors (Lipinski definition) is 0. The predicted octanol–water partition coefficient (Wildman–Crippen LogP) is 7.09. The first-order valence-corrected chi connectivity index (χ1v) is 16.7. The molecule has 0 atom stereocenters. The van der Waals surface area contributed by atoms with E-state index in [0.29, 0.717) is 40.0 Å². The Morgan fingerprint density at radius 3 is 2.45 bits per heavy atom. The third-order valence-electron chi connectivity index (χ3n) is 7.55. The summed E-state index contributed by atoms with van der Waals surface area (Å²) in [5, 5.41) is 9.39. The highest BCUT2D eigenvalue weighted by Crippen LogP contribution is 2.29. The molecule has 6 rings (SSSR count). The highest BCUT2D eigenvalue weighted by atomic mass is 32.1. The fraction of sp³-hybridized carbons (Fsp3) is 0.243. The van der Waals surface area contributed by atoms with Gasteiger partial charge >= 0.3 is 0 Å². The lowest BCUT2D eigenvalue weighted by Gasteiger charge is -2.09. The zero-order valence-electron chi connectivity index (χ0n) is 26.8. The normalized spacial score (nSPS) is 11.9. The van der Waals surface area contributed by atoms with Crippen molar-refractivity contribution < 1.29 is 14.2 Å². The van der Waals surface area contributed by atoms with Gasteiger partial charge in [-0.3, -0.25) is 4.79 Å². The van der Waals surface area contributed by atoms with Crippen LogP contribution in [0.15, 0.2) is 83.8 Å². The van der Waals surface area contributed by atoms with Crippen LogP contribution in [0.4, 0.5) is 0 Å². The van der Waals surface area contributed by atoms with Crippen LogP contribution in [0.25, 0.3) is 40.1 Å². The van der Waals surface area contributed by atoms with Gasteiger partial charge in [-0.05, 0) is 79.6 Å². The van der Waals surface area contributed by atoms with E-state index in [4.69, 9.17) is 19.3 Å². The van der Waals surface area contributed by atoms with Crippen molar-refractivity contribution in [3.05, 3.63) is 111 Å². The van der Waals surface area contributed by atoms with Gasteiger partial charge in [0.15, 0.2) is 17.3 Å². The molecular formula is C37H37N5O4S. The van der Waals surface area contributed by atoms with Crippen molar-refractivity contribution in [1.82, 2.24) is 24.4 Å². The van der Waals surface area contributed by atoms with Gasteiger partial charge in [-0.15, -0.1) is 5.10 Å². The van der Waals surface area contributed by atoms with Crippen molar-refractivity contribution in [2.45, 2.75) is 39.5 Å². The molecule has 0 unspecified atom stereocenters. The van der Waals surface area contributed by atoms with E-state index in [-0.39, 0.29) is 5.56 Å². The molecule has 0 saturated carbocycles. The molecule has 0 aliphatic heterocycles. The summed E-state index contributed by atoms with van der Waals surface area (Å²) in [5.41, 5.74) is 4.09. The van der Waals surface area contributed by atoms with Crippen molar-refractivity contribution >= 4 is 34.5 Å². The average molecular weight is 648 g/mol. The maximum absolute atomic E-state index is 13.5. The molecule has 9 nitrogen and oxygen atoms in total. The number of hydrogen-bond acceptors (Lipinski definition) is 8. The van der Waals surface area contributed by atoms with Crippen LogP contribution < -0.4 is 24.3 Å². The largest absolute Gasteiger partial charge is 0.494 e. The Morgan fingerprint density at radius 2 is 1.70 bits per heavy atom. The number of rotatable bonds is 14. The lowest BCUT2D eigenvalue weighted by molar-refractivity contribution is 0.305. The van der Waals surface area contributed by atoms with E-state index in [9.17, 15) is 4.79 Å². The molecule has 240 valence electrons. The average Bonchev–Trinajstić information content (AvgIpc) is 3.79. The molecule has 6 aromatic rings. The number of unbranched alkanes of at least 4 members (excludes halogenated alkanes) is 3. The SMILES string of the molecule is CCCCCCOc1ccc(-c2nn(-c3ccccc3)cc2/C=c2\sc3nc(/C=C/c4ccc(OCC)c(OC)c4)nn3c2=O)cc1. The Kier molecular flexibility index (Phi) is 10.1. The zero-order chi connectivity index (χ0) is 32.6. The molecule has 0 saturated heterocycles. The summed E-state index contributed by atoms with van der Waals surface area (Å²) in [5.74, 6) is 2.60. The van der Waals surface area contributed by atoms with Crippen molar-refractivity contribution in [3.8, 4) is 34.2 Å². The van der Waals surface area contributed by atoms with Crippen molar-refractivity contribution in [1.29, 1.82) is 0 Å². The molecule has 47 heavy (non-hydrogen) atoms. The van der Waals surface area contributed by atoms with Gasteiger partial charge in [0.2, 0.25) is 4.96 Å². The van der Waals surface area contributed by atoms with E-state index in [2.05, 4.69) is 17.0 Å². The molecular weight excluding hydrogens is 611 g/mol. The molecule has 0 bridgehead atoms. The molecule has 0 N–H and O–H groups in total. The van der Waals surface area contributed by atoms with Gasteiger partial charge in [-0.2, -0.15) is 14.6 Å². The fourth-order valence-electron chi connectivity index (χ4n) is 5.15. The maximum atomic E-state index is 13.5. The van der Waals surface area contributed by atoms with E-state index < -0.39 is 0 Å². The standard InChI is InChI=1S/C37H37N5O4S/c1-4-6-7-11-22-46-30-18-16-27(17-19-30)35-28(25-41(40-35)29-12-9-8-10-13-29)24-33-36(43)42-37(47-33)38-34(39-42)21-15-26-14-20-31(45-5-2)32(23-26)44-3/h8-10,12-21,23-25H,4-7,11,22H2,1-3H3/b21-15+,33-24-. The predicted molar refractivity (Wildman–Crippen MR) is 188 cm³/mol.